The molecule has 0 saturated heterocycles. The van der Waals surface area contributed by atoms with Gasteiger partial charge >= 0.3 is 6.09 Å². The Morgan fingerprint density at radius 1 is 1.67 bits per heavy atom. The van der Waals surface area contributed by atoms with E-state index in [0.29, 0.717) is 19.6 Å². The van der Waals surface area contributed by atoms with Gasteiger partial charge in [-0.05, 0) is 10.3 Å². The fourth-order valence-electron chi connectivity index (χ4n) is 0.520. The molecule has 68 valence electrons. The van der Waals surface area contributed by atoms with Crippen molar-refractivity contribution < 1.29 is 9.53 Å². The fraction of sp³-hybridized carbons (Fsp3) is 0.625. The summed E-state index contributed by atoms with van der Waals surface area (Å²) >= 11 is 1.96. The number of amides is 1. The number of carbonyl (C=O) groups excluding carboxylic acids is 1. The van der Waals surface area contributed by atoms with Crippen molar-refractivity contribution in [2.45, 2.75) is 19.8 Å². The van der Waals surface area contributed by atoms with Gasteiger partial charge in [0, 0.05) is 35.6 Å². The van der Waals surface area contributed by atoms with E-state index in [1.165, 1.54) is 0 Å². The maximum Gasteiger partial charge on any atom is 0.407 e. The van der Waals surface area contributed by atoms with E-state index < -0.39 is 0 Å². The number of alkyl carbamates (subject to hydrolysis) is 1. The van der Waals surface area contributed by atoms with Crippen LogP contribution in [0.1, 0.15) is 19.8 Å². The molecule has 0 aromatic rings. The Bertz CT molecular complexity index is 183. The van der Waals surface area contributed by atoms with Gasteiger partial charge in [0.25, 0.3) is 0 Å². The van der Waals surface area contributed by atoms with Crippen LogP contribution in [0.3, 0.4) is 0 Å². The summed E-state index contributed by atoms with van der Waals surface area (Å²) in [6.07, 6.45) is 1.16. The Hall–Kier alpha value is -0.440. The maximum absolute atomic E-state index is 10.8. The van der Waals surface area contributed by atoms with Gasteiger partial charge in [-0.1, -0.05) is 12.8 Å². The highest BCUT2D eigenvalue weighted by molar-refractivity contribution is 14.1. The van der Waals surface area contributed by atoms with Crippen LogP contribution in [0.4, 0.5) is 4.79 Å². The average molecular weight is 281 g/mol. The van der Waals surface area contributed by atoms with Crippen molar-refractivity contribution in [1.82, 2.24) is 5.32 Å². The van der Waals surface area contributed by atoms with E-state index in [0.717, 1.165) is 6.42 Å². The highest BCUT2D eigenvalue weighted by atomic mass is 127. The van der Waals surface area contributed by atoms with Crippen LogP contribution in [0.5, 0.6) is 0 Å². The van der Waals surface area contributed by atoms with Crippen LogP contribution in [-0.2, 0) is 4.74 Å². The summed E-state index contributed by atoms with van der Waals surface area (Å²) in [5.41, 5.74) is 0. The second-order valence-corrected chi connectivity index (χ2v) is 2.62. The Kier molecular flexibility index (Phi) is 8.34. The first-order valence-electron chi connectivity index (χ1n) is 3.80. The van der Waals surface area contributed by atoms with Gasteiger partial charge in [-0.2, -0.15) is 0 Å². The Morgan fingerprint density at radius 2 is 2.42 bits per heavy atom. The zero-order valence-electron chi connectivity index (χ0n) is 7.02. The molecule has 3 nitrogen and oxygen atoms in total. The first kappa shape index (κ1) is 11.6. The second-order valence-electron chi connectivity index (χ2n) is 2.08. The van der Waals surface area contributed by atoms with Gasteiger partial charge in [0.1, 0.15) is 0 Å². The highest BCUT2D eigenvalue weighted by Crippen LogP contribution is 1.82. The van der Waals surface area contributed by atoms with Crippen LogP contribution in [0, 0.1) is 9.85 Å². The first-order valence-corrected chi connectivity index (χ1v) is 4.88. The summed E-state index contributed by atoms with van der Waals surface area (Å²) < 4.78 is 7.48. The second kappa shape index (κ2) is 8.65. The molecule has 0 aliphatic heterocycles. The van der Waals surface area contributed by atoms with Gasteiger partial charge in [0.2, 0.25) is 0 Å². The van der Waals surface area contributed by atoms with Crippen molar-refractivity contribution >= 4 is 28.7 Å². The maximum atomic E-state index is 10.8. The third-order valence-corrected chi connectivity index (χ3v) is 1.40. The molecular weight excluding hydrogens is 269 g/mol. The predicted octanol–water partition coefficient (Wildman–Crippen LogP) is 1.91. The van der Waals surface area contributed by atoms with E-state index in [2.05, 4.69) is 15.2 Å². The Labute approximate surface area is 86.4 Å². The molecule has 0 bridgehead atoms. The van der Waals surface area contributed by atoms with Gasteiger partial charge in [-0.25, -0.2) is 4.79 Å². The molecule has 1 amide bonds. The summed E-state index contributed by atoms with van der Waals surface area (Å²) in [5, 5.41) is 2.59. The molecule has 0 rings (SSSR count). The molecule has 0 spiro atoms. The molecule has 0 heterocycles. The number of hydrogen-bond acceptors (Lipinski definition) is 2. The predicted molar refractivity (Wildman–Crippen MR) is 56.1 cm³/mol. The third-order valence-electron chi connectivity index (χ3n) is 1.02. The average Bonchev–Trinajstić information content (AvgIpc) is 2.09. The number of halogens is 1. The number of nitrogens with one attached hydrogen (secondary N) is 1. The zero-order valence-corrected chi connectivity index (χ0v) is 9.18. The first-order chi connectivity index (χ1) is 5.81. The Balaban J connectivity index is 3.23. The van der Waals surface area contributed by atoms with Gasteiger partial charge < -0.3 is 10.1 Å². The number of carbonyl (C=O) groups is 1. The van der Waals surface area contributed by atoms with Crippen LogP contribution in [0.25, 0.3) is 0 Å². The molecule has 12 heavy (non-hydrogen) atoms. The molecule has 0 unspecified atom stereocenters. The lowest BCUT2D eigenvalue weighted by Gasteiger charge is -2.02. The standard InChI is InChI=1S/C8H12INO2/c1-2-7-12-8(11)10-6-4-3-5-9/h2,4,6-7H2,1H3,(H,10,11). The minimum Gasteiger partial charge on any atom is -0.450 e. The minimum absolute atomic E-state index is 0.355. The van der Waals surface area contributed by atoms with Crippen LogP contribution >= 0.6 is 22.6 Å². The Morgan fingerprint density at radius 3 is 3.00 bits per heavy atom. The lowest BCUT2D eigenvalue weighted by molar-refractivity contribution is 0.146. The summed E-state index contributed by atoms with van der Waals surface area (Å²) in [4.78, 5) is 10.8. The van der Waals surface area contributed by atoms with E-state index in [-0.39, 0.29) is 6.09 Å². The molecule has 0 fully saturated rings. The summed E-state index contributed by atoms with van der Waals surface area (Å²) in [6, 6.07) is 0. The van der Waals surface area contributed by atoms with Gasteiger partial charge in [0.15, 0.2) is 0 Å². The zero-order chi connectivity index (χ0) is 9.23. The van der Waals surface area contributed by atoms with E-state index in [1.54, 1.807) is 0 Å². The largest absolute Gasteiger partial charge is 0.450 e. The molecule has 0 atom stereocenters. The van der Waals surface area contributed by atoms with Crippen LogP contribution < -0.4 is 5.32 Å². The molecule has 0 saturated carbocycles. The number of hydrogen-bond donors (Lipinski definition) is 1. The molecule has 4 heteroatoms. The normalized spacial score (nSPS) is 8.17. The van der Waals surface area contributed by atoms with E-state index in [4.69, 9.17) is 4.74 Å². The van der Waals surface area contributed by atoms with Crippen LogP contribution in [0.2, 0.25) is 0 Å². The van der Waals surface area contributed by atoms with Crippen LogP contribution in [0.15, 0.2) is 0 Å². The molecule has 0 radical (unpaired) electrons. The van der Waals surface area contributed by atoms with E-state index in [9.17, 15) is 4.79 Å². The molecular formula is C8H12INO2. The fourth-order valence-corrected chi connectivity index (χ4v) is 0.790. The van der Waals surface area contributed by atoms with Crippen molar-refractivity contribution in [3.05, 3.63) is 0 Å². The number of ether oxygens (including phenoxy) is 1. The number of rotatable bonds is 4. The lowest BCUT2D eigenvalue weighted by Crippen LogP contribution is -2.25. The smallest absolute Gasteiger partial charge is 0.407 e. The van der Waals surface area contributed by atoms with Crippen LogP contribution in [-0.4, -0.2) is 19.2 Å². The van der Waals surface area contributed by atoms with E-state index >= 15 is 0 Å². The molecule has 0 aliphatic rings. The van der Waals surface area contributed by atoms with E-state index in [1.807, 2.05) is 29.5 Å². The van der Waals surface area contributed by atoms with Gasteiger partial charge in [-0.15, -0.1) is 0 Å². The van der Waals surface area contributed by atoms with Gasteiger partial charge in [-0.3, -0.25) is 0 Å². The van der Waals surface area contributed by atoms with Crippen molar-refractivity contribution in [3.63, 3.8) is 0 Å². The van der Waals surface area contributed by atoms with Crippen molar-refractivity contribution in [2.24, 2.45) is 0 Å². The summed E-state index contributed by atoms with van der Waals surface area (Å²) in [7, 11) is 0. The van der Waals surface area contributed by atoms with Gasteiger partial charge in [0.05, 0.1) is 6.61 Å². The summed E-state index contributed by atoms with van der Waals surface area (Å²) in [6.45, 7) is 2.98. The third kappa shape index (κ3) is 7.66. The van der Waals surface area contributed by atoms with Crippen molar-refractivity contribution in [2.75, 3.05) is 13.2 Å². The monoisotopic (exact) mass is 281 g/mol. The minimum atomic E-state index is -0.355. The van der Waals surface area contributed by atoms with Crippen molar-refractivity contribution in [1.29, 1.82) is 0 Å². The summed E-state index contributed by atoms with van der Waals surface area (Å²) in [5.74, 6) is 2.83. The molecule has 0 aromatic heterocycles. The molecule has 0 aromatic carbocycles. The van der Waals surface area contributed by atoms with Crippen molar-refractivity contribution in [3.8, 4) is 9.85 Å². The SMILES string of the molecule is CCCOC(=O)NCCC#CI. The topological polar surface area (TPSA) is 38.3 Å². The highest BCUT2D eigenvalue weighted by Gasteiger charge is 1.97. The molecule has 0 aliphatic carbocycles. The molecule has 1 N–H and O–H groups in total. The quantitative estimate of drug-likeness (QED) is 0.485. The lowest BCUT2D eigenvalue weighted by atomic mass is 10.4.